The standard InChI is InChI=1S/C40H41N6O2P/c1-40(2,3)36-26-38(46(45-36)30-15-11-12-28(24-30)27-49-22-9-10-23-49)44-39(47)43-34-18-19-35(33-17-8-7-16-32(33)34)48-31-20-21-41-37(25-31)42-29-13-5-4-6-14-29/h4-8,11-21,24-26H,9-10,22-23,27H2,1-3H3,(H,41,42)(H2,43,44,47). The molecule has 0 spiro atoms. The van der Waals surface area contributed by atoms with Crippen LogP contribution in [0.15, 0.2) is 115 Å². The third kappa shape index (κ3) is 7.76. The second kappa shape index (κ2) is 14.1. The number of nitrogens with zero attached hydrogens (tertiary/aromatic N) is 3. The fraction of sp³-hybridized carbons (Fsp3) is 0.225. The summed E-state index contributed by atoms with van der Waals surface area (Å²) in [6.45, 7) is 6.39. The van der Waals surface area contributed by atoms with Gasteiger partial charge in [0.15, 0.2) is 0 Å². The van der Waals surface area contributed by atoms with E-state index < -0.39 is 0 Å². The zero-order chi connectivity index (χ0) is 33.8. The molecule has 0 unspecified atom stereocenters. The first kappa shape index (κ1) is 32.4. The van der Waals surface area contributed by atoms with E-state index >= 15 is 0 Å². The lowest BCUT2D eigenvalue weighted by atomic mass is 9.92. The Balaban J connectivity index is 1.11. The van der Waals surface area contributed by atoms with Crippen LogP contribution in [0.4, 0.5) is 27.8 Å². The van der Waals surface area contributed by atoms with Crippen molar-refractivity contribution >= 4 is 47.7 Å². The second-order valence-corrected chi connectivity index (χ2v) is 16.0. The number of aromatic nitrogens is 3. The van der Waals surface area contributed by atoms with Crippen LogP contribution in [0.1, 0.15) is 44.9 Å². The van der Waals surface area contributed by atoms with Crippen LogP contribution in [0.25, 0.3) is 16.5 Å². The number of urea groups is 1. The van der Waals surface area contributed by atoms with Gasteiger partial charge in [0.05, 0.1) is 17.1 Å². The van der Waals surface area contributed by atoms with Gasteiger partial charge in [0.2, 0.25) is 0 Å². The number of hydrogen-bond acceptors (Lipinski definition) is 5. The number of rotatable bonds is 9. The summed E-state index contributed by atoms with van der Waals surface area (Å²) in [5, 5.41) is 16.2. The fourth-order valence-corrected chi connectivity index (χ4v) is 8.69. The van der Waals surface area contributed by atoms with Gasteiger partial charge in [-0.25, -0.2) is 14.5 Å². The molecule has 0 bridgehead atoms. The van der Waals surface area contributed by atoms with Gasteiger partial charge in [-0.05, 0) is 79.4 Å². The molecule has 49 heavy (non-hydrogen) atoms. The van der Waals surface area contributed by atoms with Crippen molar-refractivity contribution in [2.45, 2.75) is 45.2 Å². The number of fused-ring (bicyclic) bond motifs is 1. The van der Waals surface area contributed by atoms with Gasteiger partial charge in [-0.1, -0.05) is 75.4 Å². The molecule has 0 atom stereocenters. The van der Waals surface area contributed by atoms with Crippen molar-refractivity contribution in [3.63, 3.8) is 0 Å². The van der Waals surface area contributed by atoms with Gasteiger partial charge in [-0.2, -0.15) is 5.10 Å². The maximum Gasteiger partial charge on any atom is 0.324 e. The van der Waals surface area contributed by atoms with Crippen molar-refractivity contribution < 1.29 is 9.53 Å². The van der Waals surface area contributed by atoms with Crippen molar-refractivity contribution in [1.82, 2.24) is 14.8 Å². The number of pyridine rings is 1. The van der Waals surface area contributed by atoms with E-state index in [4.69, 9.17) is 9.84 Å². The highest BCUT2D eigenvalue weighted by Gasteiger charge is 2.22. The molecule has 2 aromatic heterocycles. The molecule has 1 fully saturated rings. The van der Waals surface area contributed by atoms with Crippen molar-refractivity contribution in [2.75, 3.05) is 28.3 Å². The molecule has 1 aliphatic rings. The Kier molecular flexibility index (Phi) is 9.32. The Morgan fingerprint density at radius 2 is 1.61 bits per heavy atom. The first-order chi connectivity index (χ1) is 23.8. The fourth-order valence-electron chi connectivity index (χ4n) is 6.10. The highest BCUT2D eigenvalue weighted by Crippen LogP contribution is 2.46. The largest absolute Gasteiger partial charge is 0.457 e. The van der Waals surface area contributed by atoms with E-state index in [1.165, 1.54) is 30.7 Å². The molecule has 3 N–H and O–H groups in total. The van der Waals surface area contributed by atoms with Gasteiger partial charge in [0.1, 0.15) is 23.1 Å². The summed E-state index contributed by atoms with van der Waals surface area (Å²) in [5.41, 5.74) is 4.60. The number of hydrogen-bond donors (Lipinski definition) is 3. The van der Waals surface area contributed by atoms with Crippen molar-refractivity contribution in [1.29, 1.82) is 0 Å². The number of nitrogens with one attached hydrogen (secondary N) is 3. The van der Waals surface area contributed by atoms with Gasteiger partial charge in [0, 0.05) is 40.2 Å². The first-order valence-corrected chi connectivity index (χ1v) is 18.7. The lowest BCUT2D eigenvalue weighted by Crippen LogP contribution is -2.21. The van der Waals surface area contributed by atoms with Crippen molar-refractivity contribution in [3.05, 3.63) is 127 Å². The third-order valence-corrected chi connectivity index (χ3v) is 11.3. The van der Waals surface area contributed by atoms with Gasteiger partial charge in [-0.15, -0.1) is 7.92 Å². The number of carbonyl (C=O) groups excluding carboxylic acids is 1. The normalized spacial score (nSPS) is 13.4. The van der Waals surface area contributed by atoms with Crippen molar-refractivity contribution in [3.8, 4) is 17.2 Å². The molecule has 0 radical (unpaired) electrons. The molecule has 8 nitrogen and oxygen atoms in total. The maximum absolute atomic E-state index is 13.6. The average Bonchev–Trinajstić information content (AvgIpc) is 3.77. The molecule has 4 aromatic carbocycles. The molecule has 248 valence electrons. The summed E-state index contributed by atoms with van der Waals surface area (Å²) < 4.78 is 8.21. The molecule has 2 amide bonds. The van der Waals surface area contributed by atoms with Gasteiger partial charge in [0.25, 0.3) is 0 Å². The highest BCUT2D eigenvalue weighted by molar-refractivity contribution is 7.57. The Morgan fingerprint density at radius 1 is 0.837 bits per heavy atom. The predicted octanol–water partition coefficient (Wildman–Crippen LogP) is 10.7. The quantitative estimate of drug-likeness (QED) is 0.133. The molecule has 7 rings (SSSR count). The number of amides is 2. The first-order valence-electron chi connectivity index (χ1n) is 16.8. The zero-order valence-electron chi connectivity index (χ0n) is 28.1. The summed E-state index contributed by atoms with van der Waals surface area (Å²) in [4.78, 5) is 18.1. The van der Waals surface area contributed by atoms with E-state index in [2.05, 4.69) is 66.0 Å². The Morgan fingerprint density at radius 3 is 2.41 bits per heavy atom. The number of anilines is 4. The SMILES string of the molecule is CC(C)(C)c1cc(NC(=O)Nc2ccc(Oc3ccnc(Nc4ccccc4)c3)c3ccccc23)n(-c2cccc(CP3CCCC3)c2)n1. The highest BCUT2D eigenvalue weighted by atomic mass is 31.1. The minimum absolute atomic E-state index is 0.0668. The van der Waals surface area contributed by atoms with Crippen molar-refractivity contribution in [2.24, 2.45) is 0 Å². The van der Waals surface area contributed by atoms with E-state index in [-0.39, 0.29) is 19.4 Å². The van der Waals surface area contributed by atoms with Crippen LogP contribution in [0, 0.1) is 0 Å². The summed E-state index contributed by atoms with van der Waals surface area (Å²) in [6.07, 6.45) is 8.28. The minimum Gasteiger partial charge on any atom is -0.457 e. The topological polar surface area (TPSA) is 93.1 Å². The molecule has 1 aliphatic heterocycles. The van der Waals surface area contributed by atoms with E-state index in [0.29, 0.717) is 28.8 Å². The van der Waals surface area contributed by atoms with E-state index in [9.17, 15) is 4.79 Å². The molecule has 9 heteroatoms. The van der Waals surface area contributed by atoms with Gasteiger partial charge in [-0.3, -0.25) is 5.32 Å². The van der Waals surface area contributed by atoms with Crippen LogP contribution < -0.4 is 20.7 Å². The van der Waals surface area contributed by atoms with E-state index in [0.717, 1.165) is 34.0 Å². The molecule has 0 saturated carbocycles. The van der Waals surface area contributed by atoms with Gasteiger partial charge < -0.3 is 15.4 Å². The average molecular weight is 669 g/mol. The van der Waals surface area contributed by atoms with Crippen LogP contribution in [0.3, 0.4) is 0 Å². The lowest BCUT2D eigenvalue weighted by Gasteiger charge is -2.15. The summed E-state index contributed by atoms with van der Waals surface area (Å²) in [5.74, 6) is 2.62. The lowest BCUT2D eigenvalue weighted by molar-refractivity contribution is 0.262. The third-order valence-electron chi connectivity index (χ3n) is 8.62. The predicted molar refractivity (Wildman–Crippen MR) is 202 cm³/mol. The number of carbonyl (C=O) groups is 1. The zero-order valence-corrected chi connectivity index (χ0v) is 29.0. The second-order valence-electron chi connectivity index (χ2n) is 13.4. The van der Waals surface area contributed by atoms with Crippen LogP contribution >= 0.6 is 7.92 Å². The molecule has 1 saturated heterocycles. The number of benzene rings is 4. The Labute approximate surface area is 288 Å². The monoisotopic (exact) mass is 668 g/mol. The molecule has 0 aliphatic carbocycles. The summed E-state index contributed by atoms with van der Waals surface area (Å²) in [6, 6.07) is 35.4. The number of para-hydroxylation sites is 1. The minimum atomic E-state index is -0.350. The smallest absolute Gasteiger partial charge is 0.324 e. The van der Waals surface area contributed by atoms with Crippen LogP contribution in [-0.4, -0.2) is 33.1 Å². The molecular formula is C40H41N6O2P. The van der Waals surface area contributed by atoms with Crippen LogP contribution in [-0.2, 0) is 11.6 Å². The van der Waals surface area contributed by atoms with Gasteiger partial charge >= 0.3 is 6.03 Å². The van der Waals surface area contributed by atoms with E-state index in [1.807, 2.05) is 89.6 Å². The molecule has 3 heterocycles. The number of ether oxygens (including phenoxy) is 1. The summed E-state index contributed by atoms with van der Waals surface area (Å²) >= 11 is 0. The van der Waals surface area contributed by atoms with E-state index in [1.54, 1.807) is 6.20 Å². The Bertz CT molecular complexity index is 2080. The molecule has 6 aromatic rings. The Hall–Kier alpha value is -5.20. The van der Waals surface area contributed by atoms with Crippen LogP contribution in [0.5, 0.6) is 11.5 Å². The maximum atomic E-state index is 13.6. The molecular weight excluding hydrogens is 627 g/mol. The summed E-state index contributed by atoms with van der Waals surface area (Å²) in [7, 11) is 0.0668. The van der Waals surface area contributed by atoms with Crippen LogP contribution in [0.2, 0.25) is 0 Å².